The zero-order valence-electron chi connectivity index (χ0n) is 17.3. The van der Waals surface area contributed by atoms with Crippen molar-refractivity contribution in [1.29, 1.82) is 0 Å². The summed E-state index contributed by atoms with van der Waals surface area (Å²) in [6.45, 7) is 5.04. The molecule has 1 aliphatic rings. The molecule has 0 N–H and O–H groups in total. The summed E-state index contributed by atoms with van der Waals surface area (Å²) in [6, 6.07) is 15.6. The molecule has 2 aromatic rings. The SMILES string of the molecule is CCCCCCCCC1CCc2cc(-c3ccc(OCC)cc3)ccc2C1. The molecule has 0 saturated carbocycles. The van der Waals surface area contributed by atoms with Crippen molar-refractivity contribution in [2.45, 2.75) is 78.1 Å². The minimum atomic E-state index is 0.720. The molecule has 0 saturated heterocycles. The van der Waals surface area contributed by atoms with Gasteiger partial charge in [0.05, 0.1) is 6.61 Å². The van der Waals surface area contributed by atoms with E-state index in [1.165, 1.54) is 75.3 Å². The number of benzene rings is 2. The van der Waals surface area contributed by atoms with Gasteiger partial charge in [-0.3, -0.25) is 0 Å². The van der Waals surface area contributed by atoms with Crippen molar-refractivity contribution in [3.05, 3.63) is 53.6 Å². The van der Waals surface area contributed by atoms with Crippen LogP contribution in [-0.2, 0) is 12.8 Å². The van der Waals surface area contributed by atoms with Gasteiger partial charge in [0.15, 0.2) is 0 Å². The number of aryl methyl sites for hydroxylation is 1. The summed E-state index contributed by atoms with van der Waals surface area (Å²) in [5, 5.41) is 0. The molecule has 0 fully saturated rings. The highest BCUT2D eigenvalue weighted by molar-refractivity contribution is 5.65. The third-order valence-electron chi connectivity index (χ3n) is 6.00. The normalized spacial score (nSPS) is 16.1. The molecule has 0 spiro atoms. The Morgan fingerprint density at radius 1 is 0.815 bits per heavy atom. The van der Waals surface area contributed by atoms with E-state index in [0.717, 1.165) is 18.3 Å². The van der Waals surface area contributed by atoms with Gasteiger partial charge in [-0.05, 0) is 66.5 Å². The average Bonchev–Trinajstić information content (AvgIpc) is 2.71. The Balaban J connectivity index is 1.53. The van der Waals surface area contributed by atoms with Crippen LogP contribution in [-0.4, -0.2) is 6.61 Å². The van der Waals surface area contributed by atoms with Gasteiger partial charge in [-0.15, -0.1) is 0 Å². The summed E-state index contributed by atoms with van der Waals surface area (Å²) < 4.78 is 5.56. The summed E-state index contributed by atoms with van der Waals surface area (Å²) >= 11 is 0. The first-order chi connectivity index (χ1) is 13.3. The van der Waals surface area contributed by atoms with Gasteiger partial charge in [0.1, 0.15) is 5.75 Å². The Kier molecular flexibility index (Phi) is 7.80. The predicted octanol–water partition coefficient (Wildman–Crippen LogP) is 7.61. The van der Waals surface area contributed by atoms with Crippen molar-refractivity contribution in [3.63, 3.8) is 0 Å². The van der Waals surface area contributed by atoms with Crippen molar-refractivity contribution >= 4 is 0 Å². The van der Waals surface area contributed by atoms with Gasteiger partial charge in [-0.25, -0.2) is 0 Å². The number of unbranched alkanes of at least 4 members (excludes halogenated alkanes) is 5. The average molecular weight is 365 g/mol. The largest absolute Gasteiger partial charge is 0.494 e. The van der Waals surface area contributed by atoms with Crippen molar-refractivity contribution < 1.29 is 4.74 Å². The second kappa shape index (κ2) is 10.5. The van der Waals surface area contributed by atoms with E-state index >= 15 is 0 Å². The third kappa shape index (κ3) is 5.86. The van der Waals surface area contributed by atoms with E-state index < -0.39 is 0 Å². The molecule has 1 nitrogen and oxygen atoms in total. The van der Waals surface area contributed by atoms with E-state index in [1.807, 2.05) is 6.92 Å². The van der Waals surface area contributed by atoms with Crippen LogP contribution in [0.25, 0.3) is 11.1 Å². The molecule has 0 heterocycles. The lowest BCUT2D eigenvalue weighted by atomic mass is 9.80. The van der Waals surface area contributed by atoms with Gasteiger partial charge < -0.3 is 4.74 Å². The van der Waals surface area contributed by atoms with E-state index in [9.17, 15) is 0 Å². The topological polar surface area (TPSA) is 9.23 Å². The highest BCUT2D eigenvalue weighted by Crippen LogP contribution is 2.32. The molecular formula is C26H36O. The first kappa shape index (κ1) is 20.0. The molecule has 1 heteroatoms. The molecule has 3 rings (SSSR count). The van der Waals surface area contributed by atoms with Crippen LogP contribution in [0.3, 0.4) is 0 Å². The Hall–Kier alpha value is -1.76. The summed E-state index contributed by atoms with van der Waals surface area (Å²) in [5.74, 6) is 1.86. The smallest absolute Gasteiger partial charge is 0.119 e. The van der Waals surface area contributed by atoms with Crippen molar-refractivity contribution in [1.82, 2.24) is 0 Å². The molecule has 0 aliphatic heterocycles. The Labute approximate surface area is 166 Å². The molecule has 0 bridgehead atoms. The second-order valence-electron chi connectivity index (χ2n) is 8.11. The van der Waals surface area contributed by atoms with Crippen LogP contribution >= 0.6 is 0 Å². The molecule has 0 amide bonds. The Morgan fingerprint density at radius 2 is 1.56 bits per heavy atom. The summed E-state index contributed by atoms with van der Waals surface area (Å²) in [5.41, 5.74) is 5.79. The van der Waals surface area contributed by atoms with Crippen LogP contribution in [0.5, 0.6) is 5.75 Å². The number of rotatable bonds is 10. The van der Waals surface area contributed by atoms with Crippen molar-refractivity contribution in [3.8, 4) is 16.9 Å². The fraction of sp³-hybridized carbons (Fsp3) is 0.538. The fourth-order valence-electron chi connectivity index (χ4n) is 4.38. The molecule has 27 heavy (non-hydrogen) atoms. The monoisotopic (exact) mass is 364 g/mol. The summed E-state index contributed by atoms with van der Waals surface area (Å²) in [7, 11) is 0. The van der Waals surface area contributed by atoms with Crippen LogP contribution in [0.15, 0.2) is 42.5 Å². The standard InChI is InChI=1S/C26H36O/c1-3-5-6-7-8-9-10-21-11-12-25-20-24(14-13-23(25)19-21)22-15-17-26(18-16-22)27-4-2/h13-18,20-21H,3-12,19H2,1-2H3. The zero-order valence-corrected chi connectivity index (χ0v) is 17.3. The van der Waals surface area contributed by atoms with Gasteiger partial charge in [0, 0.05) is 0 Å². The second-order valence-corrected chi connectivity index (χ2v) is 8.11. The highest BCUT2D eigenvalue weighted by atomic mass is 16.5. The fourth-order valence-corrected chi connectivity index (χ4v) is 4.38. The maximum Gasteiger partial charge on any atom is 0.119 e. The van der Waals surface area contributed by atoms with E-state index in [4.69, 9.17) is 4.74 Å². The molecule has 0 aromatic heterocycles. The number of hydrogen-bond acceptors (Lipinski definition) is 1. The molecule has 146 valence electrons. The first-order valence-corrected chi connectivity index (χ1v) is 11.1. The van der Waals surface area contributed by atoms with Gasteiger partial charge in [-0.2, -0.15) is 0 Å². The molecular weight excluding hydrogens is 328 g/mol. The minimum absolute atomic E-state index is 0.720. The summed E-state index contributed by atoms with van der Waals surface area (Å²) in [4.78, 5) is 0. The zero-order chi connectivity index (χ0) is 18.9. The van der Waals surface area contributed by atoms with Gasteiger partial charge in [0.25, 0.3) is 0 Å². The van der Waals surface area contributed by atoms with Crippen molar-refractivity contribution in [2.24, 2.45) is 5.92 Å². The van der Waals surface area contributed by atoms with E-state index in [2.05, 4.69) is 49.4 Å². The van der Waals surface area contributed by atoms with Crippen molar-refractivity contribution in [2.75, 3.05) is 6.61 Å². The molecule has 1 atom stereocenters. The van der Waals surface area contributed by atoms with Crippen LogP contribution < -0.4 is 4.74 Å². The summed E-state index contributed by atoms with van der Waals surface area (Å²) in [6.07, 6.45) is 13.8. The number of hydrogen-bond donors (Lipinski definition) is 0. The van der Waals surface area contributed by atoms with E-state index in [0.29, 0.717) is 0 Å². The van der Waals surface area contributed by atoms with Crippen LogP contribution in [0.4, 0.5) is 0 Å². The van der Waals surface area contributed by atoms with E-state index in [1.54, 1.807) is 11.1 Å². The maximum absolute atomic E-state index is 5.56. The van der Waals surface area contributed by atoms with Crippen LogP contribution in [0.2, 0.25) is 0 Å². The lowest BCUT2D eigenvalue weighted by molar-refractivity contribution is 0.340. The maximum atomic E-state index is 5.56. The van der Waals surface area contributed by atoms with Crippen LogP contribution in [0, 0.1) is 5.92 Å². The lowest BCUT2D eigenvalue weighted by Crippen LogP contribution is -2.14. The van der Waals surface area contributed by atoms with Crippen LogP contribution in [0.1, 0.15) is 76.3 Å². The van der Waals surface area contributed by atoms with Gasteiger partial charge in [-0.1, -0.05) is 82.2 Å². The Morgan fingerprint density at radius 3 is 2.33 bits per heavy atom. The molecule has 0 radical (unpaired) electrons. The van der Waals surface area contributed by atoms with Gasteiger partial charge >= 0.3 is 0 Å². The predicted molar refractivity (Wildman–Crippen MR) is 117 cm³/mol. The Bertz CT molecular complexity index is 686. The highest BCUT2D eigenvalue weighted by Gasteiger charge is 2.18. The molecule has 2 aromatic carbocycles. The minimum Gasteiger partial charge on any atom is -0.494 e. The first-order valence-electron chi connectivity index (χ1n) is 11.1. The molecule has 1 aliphatic carbocycles. The lowest BCUT2D eigenvalue weighted by Gasteiger charge is -2.25. The number of fused-ring (bicyclic) bond motifs is 1. The molecule has 1 unspecified atom stereocenters. The number of ether oxygens (including phenoxy) is 1. The van der Waals surface area contributed by atoms with Gasteiger partial charge in [0.2, 0.25) is 0 Å². The third-order valence-corrected chi connectivity index (χ3v) is 6.00. The van der Waals surface area contributed by atoms with E-state index in [-0.39, 0.29) is 0 Å². The quantitative estimate of drug-likeness (QED) is 0.394.